The smallest absolute Gasteiger partial charge is 0.0722 e. The second-order valence-electron chi connectivity index (χ2n) is 4.07. The normalized spacial score (nSPS) is 13.2. The minimum Gasteiger partial charge on any atom is -0.380 e. The maximum Gasteiger partial charge on any atom is 0.0722 e. The highest BCUT2D eigenvalue weighted by Gasteiger charge is 2.06. The Hall–Kier alpha value is -1.32. The molecule has 2 rings (SSSR count). The van der Waals surface area contributed by atoms with E-state index in [2.05, 4.69) is 42.0 Å². The number of nitrogens with two attached hydrogens (primary N) is 1. The van der Waals surface area contributed by atoms with Crippen LogP contribution in [0.25, 0.3) is 10.9 Å². The number of methoxy groups -OCH3 is 1. The molecule has 0 bridgehead atoms. The molecule has 0 aliphatic rings. The summed E-state index contributed by atoms with van der Waals surface area (Å²) in [4.78, 5) is 0. The van der Waals surface area contributed by atoms with Crippen molar-refractivity contribution in [3.63, 3.8) is 0 Å². The second-order valence-corrected chi connectivity index (χ2v) is 4.07. The van der Waals surface area contributed by atoms with Gasteiger partial charge in [0.15, 0.2) is 0 Å². The molecule has 0 fully saturated rings. The van der Waals surface area contributed by atoms with Gasteiger partial charge in [-0.25, -0.2) is 0 Å². The average molecular weight is 218 g/mol. The monoisotopic (exact) mass is 218 g/mol. The number of rotatable bonds is 4. The minimum atomic E-state index is 0.220. The molecule has 0 saturated carbocycles. The third-order valence-electron chi connectivity index (χ3n) is 2.98. The topological polar surface area (TPSA) is 40.2 Å². The molecule has 1 aromatic carbocycles. The van der Waals surface area contributed by atoms with E-state index in [1.165, 1.54) is 16.5 Å². The summed E-state index contributed by atoms with van der Waals surface area (Å²) < 4.78 is 7.49. The van der Waals surface area contributed by atoms with Gasteiger partial charge in [0.25, 0.3) is 0 Å². The van der Waals surface area contributed by atoms with E-state index < -0.39 is 0 Å². The summed E-state index contributed by atoms with van der Waals surface area (Å²) in [5.41, 5.74) is 8.14. The van der Waals surface area contributed by atoms with E-state index in [0.29, 0.717) is 6.54 Å². The molecule has 1 heterocycles. The van der Waals surface area contributed by atoms with E-state index in [1.807, 2.05) is 0 Å². The highest BCUT2D eigenvalue weighted by molar-refractivity contribution is 5.83. The van der Waals surface area contributed by atoms with Crippen LogP contribution in [0.15, 0.2) is 30.5 Å². The molecular weight excluding hydrogens is 200 g/mol. The molecule has 86 valence electrons. The Morgan fingerprint density at radius 2 is 2.19 bits per heavy atom. The number of benzene rings is 1. The van der Waals surface area contributed by atoms with E-state index in [9.17, 15) is 0 Å². The van der Waals surface area contributed by atoms with Crippen LogP contribution >= 0.6 is 0 Å². The molecule has 0 aliphatic carbocycles. The number of ether oxygens (including phenoxy) is 1. The lowest BCUT2D eigenvalue weighted by molar-refractivity contribution is 0.104. The molecule has 2 aromatic rings. The molecule has 3 nitrogen and oxygen atoms in total. The first-order chi connectivity index (χ1) is 7.76. The van der Waals surface area contributed by atoms with Gasteiger partial charge >= 0.3 is 0 Å². The largest absolute Gasteiger partial charge is 0.380 e. The third-order valence-corrected chi connectivity index (χ3v) is 2.98. The fourth-order valence-electron chi connectivity index (χ4n) is 1.98. The van der Waals surface area contributed by atoms with Crippen LogP contribution in [0.5, 0.6) is 0 Å². The highest BCUT2D eigenvalue weighted by atomic mass is 16.5. The van der Waals surface area contributed by atoms with Gasteiger partial charge in [-0.05, 0) is 24.6 Å². The van der Waals surface area contributed by atoms with Gasteiger partial charge in [0, 0.05) is 37.3 Å². The summed E-state index contributed by atoms with van der Waals surface area (Å²) in [5, 5.41) is 1.24. The van der Waals surface area contributed by atoms with Crippen LogP contribution in [0, 0.1) is 0 Å². The van der Waals surface area contributed by atoms with Gasteiger partial charge in [0.05, 0.1) is 6.10 Å². The van der Waals surface area contributed by atoms with Gasteiger partial charge in [0.2, 0.25) is 0 Å². The summed E-state index contributed by atoms with van der Waals surface area (Å²) in [6, 6.07) is 8.38. The van der Waals surface area contributed by atoms with Gasteiger partial charge in [0.1, 0.15) is 0 Å². The first-order valence-corrected chi connectivity index (χ1v) is 5.56. The van der Waals surface area contributed by atoms with E-state index in [0.717, 1.165) is 6.54 Å². The molecular formula is C13H18N2O. The highest BCUT2D eigenvalue weighted by Crippen LogP contribution is 2.20. The zero-order chi connectivity index (χ0) is 11.5. The summed E-state index contributed by atoms with van der Waals surface area (Å²) in [7, 11) is 1.74. The van der Waals surface area contributed by atoms with Crippen molar-refractivity contribution in [1.82, 2.24) is 4.57 Å². The standard InChI is InChI=1S/C13H18N2O/c1-10(16-2)9-15-7-6-12-11(8-14)4-3-5-13(12)15/h3-7,10H,8-9,14H2,1-2H3. The lowest BCUT2D eigenvalue weighted by Gasteiger charge is -2.12. The minimum absolute atomic E-state index is 0.220. The quantitative estimate of drug-likeness (QED) is 0.854. The average Bonchev–Trinajstić information content (AvgIpc) is 2.72. The van der Waals surface area contributed by atoms with Gasteiger partial charge in [-0.2, -0.15) is 0 Å². The van der Waals surface area contributed by atoms with Crippen LogP contribution in [0.3, 0.4) is 0 Å². The van der Waals surface area contributed by atoms with Gasteiger partial charge in [-0.3, -0.25) is 0 Å². The van der Waals surface area contributed by atoms with Crippen LogP contribution in [-0.4, -0.2) is 17.8 Å². The Bertz CT molecular complexity index is 476. The number of nitrogens with zero attached hydrogens (tertiary/aromatic N) is 1. The fraction of sp³-hybridized carbons (Fsp3) is 0.385. The zero-order valence-electron chi connectivity index (χ0n) is 9.81. The van der Waals surface area contributed by atoms with Crippen molar-refractivity contribution in [2.24, 2.45) is 5.73 Å². The molecule has 3 heteroatoms. The molecule has 1 unspecified atom stereocenters. The molecule has 0 aliphatic heterocycles. The molecule has 2 N–H and O–H groups in total. The van der Waals surface area contributed by atoms with Crippen molar-refractivity contribution in [2.45, 2.75) is 26.1 Å². The molecule has 0 saturated heterocycles. The van der Waals surface area contributed by atoms with Crippen LogP contribution in [-0.2, 0) is 17.8 Å². The van der Waals surface area contributed by atoms with Crippen molar-refractivity contribution >= 4 is 10.9 Å². The molecule has 1 atom stereocenters. The summed E-state index contributed by atoms with van der Waals surface area (Å²) in [6.07, 6.45) is 2.32. The molecule has 0 amide bonds. The second kappa shape index (κ2) is 4.68. The van der Waals surface area contributed by atoms with Gasteiger partial charge in [-0.1, -0.05) is 12.1 Å². The van der Waals surface area contributed by atoms with E-state index in [-0.39, 0.29) is 6.10 Å². The number of fused-ring (bicyclic) bond motifs is 1. The lowest BCUT2D eigenvalue weighted by atomic mass is 10.1. The zero-order valence-corrected chi connectivity index (χ0v) is 9.81. The molecule has 16 heavy (non-hydrogen) atoms. The van der Waals surface area contributed by atoms with Crippen LogP contribution < -0.4 is 5.73 Å². The van der Waals surface area contributed by atoms with Crippen LogP contribution in [0.2, 0.25) is 0 Å². The predicted molar refractivity (Wildman–Crippen MR) is 66.3 cm³/mol. The summed E-state index contributed by atoms with van der Waals surface area (Å²) >= 11 is 0. The van der Waals surface area contributed by atoms with Crippen molar-refractivity contribution in [3.05, 3.63) is 36.0 Å². The van der Waals surface area contributed by atoms with Crippen LogP contribution in [0.1, 0.15) is 12.5 Å². The Kier molecular flexibility index (Phi) is 3.27. The Labute approximate surface area is 95.8 Å². The molecule has 0 spiro atoms. The van der Waals surface area contributed by atoms with Gasteiger partial charge in [-0.15, -0.1) is 0 Å². The van der Waals surface area contributed by atoms with E-state index in [1.54, 1.807) is 7.11 Å². The predicted octanol–water partition coefficient (Wildman–Crippen LogP) is 2.13. The van der Waals surface area contributed by atoms with Crippen molar-refractivity contribution < 1.29 is 4.74 Å². The number of hydrogen-bond acceptors (Lipinski definition) is 2. The Morgan fingerprint density at radius 3 is 2.88 bits per heavy atom. The third kappa shape index (κ3) is 1.96. The van der Waals surface area contributed by atoms with Crippen LogP contribution in [0.4, 0.5) is 0 Å². The SMILES string of the molecule is COC(C)Cn1ccc2c(CN)cccc21. The number of hydrogen-bond donors (Lipinski definition) is 1. The Morgan fingerprint density at radius 1 is 1.38 bits per heavy atom. The number of aromatic nitrogens is 1. The maximum atomic E-state index is 5.72. The summed E-state index contributed by atoms with van der Waals surface area (Å²) in [5.74, 6) is 0. The van der Waals surface area contributed by atoms with Crippen molar-refractivity contribution in [1.29, 1.82) is 0 Å². The van der Waals surface area contributed by atoms with Crippen molar-refractivity contribution in [2.75, 3.05) is 7.11 Å². The molecule has 0 radical (unpaired) electrons. The summed E-state index contributed by atoms with van der Waals surface area (Å²) in [6.45, 7) is 3.52. The molecule has 1 aromatic heterocycles. The first-order valence-electron chi connectivity index (χ1n) is 5.56. The van der Waals surface area contributed by atoms with Crippen molar-refractivity contribution in [3.8, 4) is 0 Å². The fourth-order valence-corrected chi connectivity index (χ4v) is 1.98. The maximum absolute atomic E-state index is 5.72. The first kappa shape index (κ1) is 11.2. The van der Waals surface area contributed by atoms with E-state index >= 15 is 0 Å². The lowest BCUT2D eigenvalue weighted by Crippen LogP contribution is -2.13. The van der Waals surface area contributed by atoms with E-state index in [4.69, 9.17) is 10.5 Å². The van der Waals surface area contributed by atoms with Gasteiger partial charge < -0.3 is 15.0 Å². The Balaban J connectivity index is 2.41.